The predicted octanol–water partition coefficient (Wildman–Crippen LogP) is 4.05. The monoisotopic (exact) mass is 586 g/mol. The fraction of sp³-hybridized carbons (Fsp3) is 0.292. The summed E-state index contributed by atoms with van der Waals surface area (Å²) in [5.74, 6) is 0.141. The van der Waals surface area contributed by atoms with Crippen molar-refractivity contribution in [1.82, 2.24) is 9.71 Å². The van der Waals surface area contributed by atoms with Crippen molar-refractivity contribution in [1.29, 1.82) is 0 Å². The maximum atomic E-state index is 13.7. The van der Waals surface area contributed by atoms with E-state index in [1.54, 1.807) is 10.8 Å². The number of nitrogens with zero attached hydrogens (tertiary/aromatic N) is 1. The lowest BCUT2D eigenvalue weighted by atomic mass is 10.1. The van der Waals surface area contributed by atoms with Gasteiger partial charge in [0.15, 0.2) is 5.03 Å². The zero-order valence-corrected chi connectivity index (χ0v) is 22.0. The number of aromatic nitrogens is 1. The number of halogens is 3. The van der Waals surface area contributed by atoms with Crippen molar-refractivity contribution in [3.05, 3.63) is 77.5 Å². The van der Waals surface area contributed by atoms with E-state index in [-0.39, 0.29) is 34.2 Å². The van der Waals surface area contributed by atoms with Crippen LogP contribution in [-0.4, -0.2) is 35.7 Å². The molecule has 1 fully saturated rings. The molecule has 3 aromatic rings. The Kier molecular flexibility index (Phi) is 6.44. The Morgan fingerprint density at radius 2 is 1.55 bits per heavy atom. The van der Waals surface area contributed by atoms with E-state index in [1.807, 2.05) is 0 Å². The number of fused-ring (bicyclic) bond motifs is 1. The van der Waals surface area contributed by atoms with Crippen molar-refractivity contribution >= 4 is 29.7 Å². The molecule has 202 valence electrons. The van der Waals surface area contributed by atoms with Gasteiger partial charge in [0.25, 0.3) is 0 Å². The molecule has 1 atom stereocenters. The van der Waals surface area contributed by atoms with Crippen LogP contribution in [0.2, 0.25) is 0 Å². The molecule has 0 saturated heterocycles. The molecular formula is C24H21F3N2O6S3. The summed E-state index contributed by atoms with van der Waals surface area (Å²) in [4.78, 5) is 2.79. The first-order valence-corrected chi connectivity index (χ1v) is 15.9. The van der Waals surface area contributed by atoms with Gasteiger partial charge in [-0.2, -0.15) is 17.9 Å². The highest BCUT2D eigenvalue weighted by Crippen LogP contribution is 2.43. The van der Waals surface area contributed by atoms with Crippen LogP contribution in [0.3, 0.4) is 0 Å². The third-order valence-corrected chi connectivity index (χ3v) is 11.5. The summed E-state index contributed by atoms with van der Waals surface area (Å²) in [5.41, 5.74) is -4.21. The lowest BCUT2D eigenvalue weighted by molar-refractivity contribution is -0.0451. The number of sulfone groups is 2. The predicted molar refractivity (Wildman–Crippen MR) is 129 cm³/mol. The van der Waals surface area contributed by atoms with Gasteiger partial charge in [-0.3, -0.25) is 0 Å². The zero-order valence-electron chi connectivity index (χ0n) is 19.5. The van der Waals surface area contributed by atoms with E-state index < -0.39 is 51.0 Å². The molecular weight excluding hydrogens is 565 g/mol. The summed E-state index contributed by atoms with van der Waals surface area (Å²) in [6.07, 6.45) is 3.14. The highest BCUT2D eigenvalue weighted by atomic mass is 32.2. The molecule has 0 amide bonds. The van der Waals surface area contributed by atoms with Crippen molar-refractivity contribution in [3.8, 4) is 0 Å². The topological polar surface area (TPSA) is 127 Å². The Hall–Kier alpha value is -2.81. The van der Waals surface area contributed by atoms with E-state index in [9.17, 15) is 38.4 Å². The Balaban J connectivity index is 1.56. The van der Waals surface area contributed by atoms with Gasteiger partial charge in [-0.25, -0.2) is 30.2 Å². The van der Waals surface area contributed by atoms with Gasteiger partial charge in [0.2, 0.25) is 19.7 Å². The number of hydrogen-bond acceptors (Lipinski definition) is 7. The number of benzene rings is 2. The third-order valence-electron chi connectivity index (χ3n) is 6.61. The van der Waals surface area contributed by atoms with Crippen LogP contribution in [0, 0.1) is 0 Å². The second-order valence-electron chi connectivity index (χ2n) is 9.17. The van der Waals surface area contributed by atoms with E-state index in [2.05, 4.69) is 4.98 Å². The van der Waals surface area contributed by atoms with Gasteiger partial charge in [-0.15, -0.1) is 0 Å². The third kappa shape index (κ3) is 4.74. The SMILES string of the molecule is O=S(=O)(c1ccc2c(c1)CCC2NS(=O)(=O)C(F)(F)F)c1ccc(C2CC2)cc1S(=O)(=O)c1ccccn1. The van der Waals surface area contributed by atoms with Crippen LogP contribution in [0.5, 0.6) is 0 Å². The number of pyridine rings is 1. The van der Waals surface area contributed by atoms with Crippen LogP contribution in [0.25, 0.3) is 0 Å². The van der Waals surface area contributed by atoms with Crippen LogP contribution in [-0.2, 0) is 36.1 Å². The van der Waals surface area contributed by atoms with Crippen molar-refractivity contribution in [3.63, 3.8) is 0 Å². The molecule has 2 aromatic carbocycles. The Morgan fingerprint density at radius 1 is 0.816 bits per heavy atom. The minimum absolute atomic E-state index is 0.00351. The molecule has 1 aromatic heterocycles. The average molecular weight is 587 g/mol. The molecule has 0 spiro atoms. The van der Waals surface area contributed by atoms with Crippen molar-refractivity contribution in [2.24, 2.45) is 0 Å². The molecule has 2 aliphatic carbocycles. The number of nitrogens with one attached hydrogen (secondary N) is 1. The lowest BCUT2D eigenvalue weighted by Gasteiger charge is -2.17. The molecule has 1 saturated carbocycles. The standard InChI is InChI=1S/C24H21F3N2O6S3/c25-24(26,27)38(34,35)29-20-10-6-17-13-18(8-9-19(17)20)36(30,31)21-11-7-16(15-4-5-15)14-22(21)37(32,33)23-3-1-2-12-28-23/h1-3,7-9,11-15,20,29H,4-6,10H2. The normalized spacial score (nSPS) is 18.3. The highest BCUT2D eigenvalue weighted by Gasteiger charge is 2.47. The maximum Gasteiger partial charge on any atom is 0.511 e. The molecule has 0 aliphatic heterocycles. The van der Waals surface area contributed by atoms with Crippen LogP contribution >= 0.6 is 0 Å². The Bertz CT molecular complexity index is 1740. The van der Waals surface area contributed by atoms with Gasteiger partial charge in [-0.05, 0) is 84.7 Å². The first-order chi connectivity index (χ1) is 17.7. The van der Waals surface area contributed by atoms with E-state index in [4.69, 9.17) is 0 Å². The quantitative estimate of drug-likeness (QED) is 0.443. The molecule has 1 unspecified atom stereocenters. The minimum Gasteiger partial charge on any atom is -0.244 e. The van der Waals surface area contributed by atoms with E-state index in [0.717, 1.165) is 18.9 Å². The lowest BCUT2D eigenvalue weighted by Crippen LogP contribution is -2.38. The summed E-state index contributed by atoms with van der Waals surface area (Å²) in [6.45, 7) is 0. The summed E-state index contributed by atoms with van der Waals surface area (Å²) in [5, 5.41) is -0.307. The van der Waals surface area contributed by atoms with Gasteiger partial charge < -0.3 is 0 Å². The maximum absolute atomic E-state index is 13.7. The van der Waals surface area contributed by atoms with Crippen LogP contribution in [0.1, 0.15) is 47.9 Å². The fourth-order valence-electron chi connectivity index (χ4n) is 4.51. The summed E-state index contributed by atoms with van der Waals surface area (Å²) in [7, 11) is -14.3. The largest absolute Gasteiger partial charge is 0.511 e. The number of alkyl halides is 3. The van der Waals surface area contributed by atoms with E-state index in [1.165, 1.54) is 48.7 Å². The van der Waals surface area contributed by atoms with Crippen LogP contribution < -0.4 is 4.72 Å². The second-order valence-corrected chi connectivity index (χ2v) is 14.7. The molecule has 14 heteroatoms. The van der Waals surface area contributed by atoms with Crippen LogP contribution in [0.4, 0.5) is 13.2 Å². The molecule has 1 heterocycles. The molecule has 0 bridgehead atoms. The van der Waals surface area contributed by atoms with E-state index in [0.29, 0.717) is 11.1 Å². The first kappa shape index (κ1) is 26.8. The zero-order chi connectivity index (χ0) is 27.5. The summed E-state index contributed by atoms with van der Waals surface area (Å²) < 4.78 is 118. The van der Waals surface area contributed by atoms with E-state index >= 15 is 0 Å². The van der Waals surface area contributed by atoms with Gasteiger partial charge >= 0.3 is 15.5 Å². The van der Waals surface area contributed by atoms with Crippen molar-refractivity contribution < 1.29 is 38.4 Å². The van der Waals surface area contributed by atoms with Gasteiger partial charge in [0.1, 0.15) is 0 Å². The van der Waals surface area contributed by atoms with Crippen molar-refractivity contribution in [2.45, 2.75) is 62.9 Å². The number of hydrogen-bond donors (Lipinski definition) is 1. The molecule has 1 N–H and O–H groups in total. The smallest absolute Gasteiger partial charge is 0.244 e. The summed E-state index contributed by atoms with van der Waals surface area (Å²) in [6, 6.07) is 10.9. The Labute approximate surface area is 217 Å². The Morgan fingerprint density at radius 3 is 2.18 bits per heavy atom. The highest BCUT2D eigenvalue weighted by molar-refractivity contribution is 7.94. The fourth-order valence-corrected chi connectivity index (χ4v) is 8.60. The van der Waals surface area contributed by atoms with Gasteiger partial charge in [0, 0.05) is 12.2 Å². The van der Waals surface area contributed by atoms with Crippen molar-refractivity contribution in [2.75, 3.05) is 0 Å². The molecule has 2 aliphatic rings. The summed E-state index contributed by atoms with van der Waals surface area (Å²) >= 11 is 0. The molecule has 0 radical (unpaired) electrons. The molecule has 8 nitrogen and oxygen atoms in total. The minimum atomic E-state index is -5.60. The van der Waals surface area contributed by atoms with Gasteiger partial charge in [0.05, 0.1) is 14.7 Å². The second kappa shape index (κ2) is 9.14. The van der Waals surface area contributed by atoms with Crippen LogP contribution in [0.15, 0.2) is 80.5 Å². The molecule has 5 rings (SSSR count). The first-order valence-electron chi connectivity index (χ1n) is 11.5. The number of aryl methyl sites for hydroxylation is 1. The number of sulfonamides is 1. The van der Waals surface area contributed by atoms with Gasteiger partial charge in [-0.1, -0.05) is 18.2 Å². The molecule has 38 heavy (non-hydrogen) atoms. The number of rotatable bonds is 7. The average Bonchev–Trinajstić information content (AvgIpc) is 3.65.